The number of benzene rings is 1. The van der Waals surface area contributed by atoms with Crippen molar-refractivity contribution in [3.63, 3.8) is 0 Å². The number of nitrogens with two attached hydrogens (primary N) is 1. The van der Waals surface area contributed by atoms with Gasteiger partial charge in [0.15, 0.2) is 5.65 Å². The minimum atomic E-state index is 0.407. The van der Waals surface area contributed by atoms with Crippen LogP contribution in [0, 0.1) is 6.92 Å². The molecule has 1 unspecified atom stereocenters. The molecule has 26 heavy (non-hydrogen) atoms. The van der Waals surface area contributed by atoms with Crippen LogP contribution in [0.2, 0.25) is 0 Å². The Labute approximate surface area is 153 Å². The Balaban J connectivity index is 1.51. The Kier molecular flexibility index (Phi) is 4.51. The molecule has 3 aromatic rings. The summed E-state index contributed by atoms with van der Waals surface area (Å²) in [7, 11) is 1.70. The van der Waals surface area contributed by atoms with E-state index >= 15 is 0 Å². The molecule has 1 saturated heterocycles. The van der Waals surface area contributed by atoms with E-state index in [0.717, 1.165) is 48.8 Å². The monoisotopic (exact) mass is 351 g/mol. The number of rotatable bonds is 4. The van der Waals surface area contributed by atoms with Gasteiger partial charge in [-0.25, -0.2) is 4.98 Å². The molecule has 0 spiro atoms. The number of hydrogen-bond acceptors (Lipinski definition) is 5. The van der Waals surface area contributed by atoms with Crippen LogP contribution in [-0.2, 0) is 6.54 Å². The zero-order valence-corrected chi connectivity index (χ0v) is 15.4. The van der Waals surface area contributed by atoms with Crippen molar-refractivity contribution >= 4 is 11.5 Å². The summed E-state index contributed by atoms with van der Waals surface area (Å²) in [5, 5.41) is 4.39. The molecular weight excluding hydrogens is 326 g/mol. The van der Waals surface area contributed by atoms with Crippen molar-refractivity contribution in [1.82, 2.24) is 19.5 Å². The minimum absolute atomic E-state index is 0.407. The molecule has 0 amide bonds. The van der Waals surface area contributed by atoms with Gasteiger partial charge in [-0.3, -0.25) is 4.90 Å². The number of hydrogen-bond donors (Lipinski definition) is 1. The molecule has 1 aliphatic heterocycles. The number of nitrogens with zero attached hydrogens (tertiary/aromatic N) is 4. The Morgan fingerprint density at radius 1 is 1.23 bits per heavy atom. The van der Waals surface area contributed by atoms with Crippen molar-refractivity contribution in [2.75, 3.05) is 25.9 Å². The van der Waals surface area contributed by atoms with E-state index < -0.39 is 0 Å². The summed E-state index contributed by atoms with van der Waals surface area (Å²) in [4.78, 5) is 7.32. The number of methoxy groups -OCH3 is 1. The highest BCUT2D eigenvalue weighted by Gasteiger charge is 2.23. The molecule has 0 aliphatic carbocycles. The predicted molar refractivity (Wildman–Crippen MR) is 102 cm³/mol. The Hall–Kier alpha value is -2.60. The highest BCUT2D eigenvalue weighted by atomic mass is 16.5. The lowest BCUT2D eigenvalue weighted by atomic mass is 9.94. The molecule has 2 N–H and O–H groups in total. The van der Waals surface area contributed by atoms with E-state index in [1.165, 1.54) is 12.0 Å². The van der Waals surface area contributed by atoms with E-state index in [9.17, 15) is 0 Å². The number of likely N-dealkylation sites (tertiary alicyclic amines) is 1. The molecule has 2 aromatic heterocycles. The van der Waals surface area contributed by atoms with Crippen molar-refractivity contribution in [1.29, 1.82) is 0 Å². The molecular formula is C20H25N5O. The highest BCUT2D eigenvalue weighted by molar-refractivity contribution is 5.48. The summed E-state index contributed by atoms with van der Waals surface area (Å²) in [6, 6.07) is 12.3. The molecule has 4 rings (SSSR count). The van der Waals surface area contributed by atoms with Gasteiger partial charge in [0.2, 0.25) is 0 Å². The maximum Gasteiger partial charge on any atom is 0.157 e. The smallest absolute Gasteiger partial charge is 0.157 e. The van der Waals surface area contributed by atoms with E-state index in [0.29, 0.717) is 11.7 Å². The van der Waals surface area contributed by atoms with Crippen LogP contribution in [0.1, 0.15) is 35.7 Å². The lowest BCUT2D eigenvalue weighted by Crippen LogP contribution is -2.34. The van der Waals surface area contributed by atoms with E-state index in [4.69, 9.17) is 15.5 Å². The van der Waals surface area contributed by atoms with Gasteiger partial charge >= 0.3 is 0 Å². The van der Waals surface area contributed by atoms with Gasteiger partial charge in [-0.15, -0.1) is 0 Å². The Bertz CT molecular complexity index is 902. The van der Waals surface area contributed by atoms with E-state index in [1.54, 1.807) is 11.6 Å². The second-order valence-electron chi connectivity index (χ2n) is 7.08. The Morgan fingerprint density at radius 2 is 2.04 bits per heavy atom. The van der Waals surface area contributed by atoms with Crippen molar-refractivity contribution < 1.29 is 4.74 Å². The average Bonchev–Trinajstić information content (AvgIpc) is 3.03. The predicted octanol–water partition coefficient (Wildman–Crippen LogP) is 3.01. The summed E-state index contributed by atoms with van der Waals surface area (Å²) in [5.74, 6) is 1.96. The number of piperidine rings is 1. The molecule has 6 heteroatoms. The number of fused-ring (bicyclic) bond motifs is 1. The molecule has 1 aliphatic rings. The minimum Gasteiger partial charge on any atom is -0.497 e. The van der Waals surface area contributed by atoms with Gasteiger partial charge in [0, 0.05) is 31.1 Å². The zero-order chi connectivity index (χ0) is 18.1. The van der Waals surface area contributed by atoms with E-state index in [1.807, 2.05) is 31.2 Å². The standard InChI is InChI=1S/C20H25N5O/c1-14-10-20-22-18(11-19(21)25(20)23-14)16-4-3-9-24(13-16)12-15-5-7-17(26-2)8-6-15/h5-8,10-11,16H,3-4,9,12-13,21H2,1-2H3. The number of aromatic nitrogens is 3. The molecule has 0 bridgehead atoms. The maximum absolute atomic E-state index is 6.20. The first-order valence-corrected chi connectivity index (χ1v) is 9.10. The van der Waals surface area contributed by atoms with Crippen LogP contribution < -0.4 is 10.5 Å². The third-order valence-corrected chi connectivity index (χ3v) is 5.09. The first-order chi connectivity index (χ1) is 12.6. The normalized spacial score (nSPS) is 18.3. The van der Waals surface area contributed by atoms with Crippen LogP contribution in [0.4, 0.5) is 5.82 Å². The van der Waals surface area contributed by atoms with Crippen molar-refractivity contribution in [3.8, 4) is 5.75 Å². The second kappa shape index (κ2) is 6.96. The summed E-state index contributed by atoms with van der Waals surface area (Å²) < 4.78 is 6.96. The number of ether oxygens (including phenoxy) is 1. The fourth-order valence-corrected chi connectivity index (χ4v) is 3.77. The molecule has 1 fully saturated rings. The molecule has 136 valence electrons. The number of nitrogen functional groups attached to an aromatic ring is 1. The van der Waals surface area contributed by atoms with Gasteiger partial charge in [0.25, 0.3) is 0 Å². The average molecular weight is 351 g/mol. The van der Waals surface area contributed by atoms with Crippen LogP contribution in [-0.4, -0.2) is 39.7 Å². The summed E-state index contributed by atoms with van der Waals surface area (Å²) >= 11 is 0. The van der Waals surface area contributed by atoms with Crippen LogP contribution in [0.15, 0.2) is 36.4 Å². The summed E-state index contributed by atoms with van der Waals surface area (Å²) in [6.07, 6.45) is 2.32. The van der Waals surface area contributed by atoms with Crippen molar-refractivity contribution in [2.24, 2.45) is 0 Å². The van der Waals surface area contributed by atoms with E-state index in [-0.39, 0.29) is 0 Å². The first kappa shape index (κ1) is 16.8. The summed E-state index contributed by atoms with van der Waals surface area (Å²) in [6.45, 7) is 5.03. The highest BCUT2D eigenvalue weighted by Crippen LogP contribution is 2.28. The third kappa shape index (κ3) is 3.37. The quantitative estimate of drug-likeness (QED) is 0.782. The lowest BCUT2D eigenvalue weighted by molar-refractivity contribution is 0.198. The molecule has 1 atom stereocenters. The fraction of sp³-hybridized carbons (Fsp3) is 0.400. The van der Waals surface area contributed by atoms with E-state index in [2.05, 4.69) is 22.1 Å². The molecule has 0 radical (unpaired) electrons. The molecule has 1 aromatic carbocycles. The zero-order valence-electron chi connectivity index (χ0n) is 15.4. The van der Waals surface area contributed by atoms with Crippen LogP contribution in [0.3, 0.4) is 0 Å². The maximum atomic E-state index is 6.20. The van der Waals surface area contributed by atoms with Crippen LogP contribution in [0.25, 0.3) is 5.65 Å². The fourth-order valence-electron chi connectivity index (χ4n) is 3.77. The lowest BCUT2D eigenvalue weighted by Gasteiger charge is -2.32. The second-order valence-corrected chi connectivity index (χ2v) is 7.08. The van der Waals surface area contributed by atoms with Gasteiger partial charge in [-0.2, -0.15) is 9.61 Å². The van der Waals surface area contributed by atoms with Crippen molar-refractivity contribution in [3.05, 3.63) is 53.3 Å². The third-order valence-electron chi connectivity index (χ3n) is 5.09. The Morgan fingerprint density at radius 3 is 2.81 bits per heavy atom. The van der Waals surface area contributed by atoms with Gasteiger partial charge in [0.05, 0.1) is 18.5 Å². The molecule has 0 saturated carbocycles. The SMILES string of the molecule is COc1ccc(CN2CCCC(c3cc(N)n4nc(C)cc4n3)C2)cc1. The topological polar surface area (TPSA) is 68.7 Å². The number of anilines is 1. The molecule has 3 heterocycles. The van der Waals surface area contributed by atoms with Gasteiger partial charge in [-0.1, -0.05) is 12.1 Å². The van der Waals surface area contributed by atoms with Crippen LogP contribution in [0.5, 0.6) is 5.75 Å². The summed E-state index contributed by atoms with van der Waals surface area (Å²) in [5.41, 5.74) is 10.4. The van der Waals surface area contributed by atoms with Crippen LogP contribution >= 0.6 is 0 Å². The van der Waals surface area contributed by atoms with Gasteiger partial charge in [0.1, 0.15) is 11.6 Å². The number of aryl methyl sites for hydroxylation is 1. The molecule has 6 nitrogen and oxygen atoms in total. The van der Waals surface area contributed by atoms with Crippen molar-refractivity contribution in [2.45, 2.75) is 32.2 Å². The van der Waals surface area contributed by atoms with Gasteiger partial charge in [-0.05, 0) is 44.0 Å². The largest absolute Gasteiger partial charge is 0.497 e. The van der Waals surface area contributed by atoms with Gasteiger partial charge < -0.3 is 10.5 Å². The first-order valence-electron chi connectivity index (χ1n) is 9.10.